The van der Waals surface area contributed by atoms with Crippen molar-refractivity contribution in [1.29, 1.82) is 0 Å². The summed E-state index contributed by atoms with van der Waals surface area (Å²) in [4.78, 5) is 6.96. The van der Waals surface area contributed by atoms with Crippen molar-refractivity contribution in [3.8, 4) is 0 Å². The average molecular weight is 810 g/mol. The zero-order valence-corrected chi connectivity index (χ0v) is 37.0. The lowest BCUT2D eigenvalue weighted by molar-refractivity contribution is 0.668. The van der Waals surface area contributed by atoms with Crippen LogP contribution in [0, 0.1) is 55.4 Å². The summed E-state index contributed by atoms with van der Waals surface area (Å²) in [5.41, 5.74) is 22.3. The van der Waals surface area contributed by atoms with Gasteiger partial charge in [0, 0.05) is 74.1 Å². The van der Waals surface area contributed by atoms with Crippen LogP contribution >= 0.6 is 0 Å². The Morgan fingerprint density at radius 2 is 0.484 bits per heavy atom. The summed E-state index contributed by atoms with van der Waals surface area (Å²) >= 11 is 0. The molecule has 0 bridgehead atoms. The Labute approximate surface area is 364 Å². The molecule has 2 heterocycles. The van der Waals surface area contributed by atoms with Gasteiger partial charge in [-0.3, -0.25) is 0 Å². The highest BCUT2D eigenvalue weighted by Crippen LogP contribution is 2.44. The smallest absolute Gasteiger partial charge is 0.135 e. The molecule has 0 fully saturated rings. The van der Waals surface area contributed by atoms with Crippen molar-refractivity contribution in [3.63, 3.8) is 0 Å². The minimum atomic E-state index is 0.849. The molecule has 0 N–H and O–H groups in total. The van der Waals surface area contributed by atoms with Gasteiger partial charge in [-0.25, -0.2) is 0 Å². The number of rotatable bonds is 8. The van der Waals surface area contributed by atoms with E-state index in [0.29, 0.717) is 0 Å². The summed E-state index contributed by atoms with van der Waals surface area (Å²) in [7, 11) is 2.13. The SMILES string of the molecule is Cc1ccc(N(C)c2ccc3oc4ccc(N(c5ccc(C)c(C)c5)c5ccc6oc7ccc(N(c8ccc(C)c(C)c8)c8ccc(C)c(C)c8)cc7c6c5)cc4c3c2)cc1C. The van der Waals surface area contributed by atoms with Crippen LogP contribution in [0.15, 0.2) is 154 Å². The Bertz CT molecular complexity index is 3340. The molecule has 0 unspecified atom stereocenters. The van der Waals surface area contributed by atoms with E-state index in [4.69, 9.17) is 8.83 Å². The van der Waals surface area contributed by atoms with Crippen LogP contribution in [0.1, 0.15) is 44.5 Å². The molecule has 0 aliphatic heterocycles. The molecular weight excluding hydrogens is 759 g/mol. The normalized spacial score (nSPS) is 11.6. The van der Waals surface area contributed by atoms with Gasteiger partial charge in [0.2, 0.25) is 0 Å². The Kier molecular flexibility index (Phi) is 9.44. The van der Waals surface area contributed by atoms with Gasteiger partial charge < -0.3 is 23.5 Å². The minimum Gasteiger partial charge on any atom is -0.456 e. The highest BCUT2D eigenvalue weighted by atomic mass is 16.3. The van der Waals surface area contributed by atoms with Gasteiger partial charge in [0.15, 0.2) is 0 Å². The van der Waals surface area contributed by atoms with Crippen molar-refractivity contribution in [2.75, 3.05) is 21.7 Å². The number of hydrogen-bond donors (Lipinski definition) is 0. The Morgan fingerprint density at radius 1 is 0.258 bits per heavy atom. The molecule has 306 valence electrons. The van der Waals surface area contributed by atoms with Crippen LogP contribution in [0.25, 0.3) is 43.9 Å². The number of fused-ring (bicyclic) bond motifs is 6. The zero-order chi connectivity index (χ0) is 43.0. The van der Waals surface area contributed by atoms with Crippen LogP contribution in [0.3, 0.4) is 0 Å². The molecule has 0 saturated carbocycles. The lowest BCUT2D eigenvalue weighted by atomic mass is 10.0. The van der Waals surface area contributed by atoms with Gasteiger partial charge in [-0.15, -0.1) is 0 Å². The fourth-order valence-corrected chi connectivity index (χ4v) is 8.70. The summed E-state index contributed by atoms with van der Waals surface area (Å²) in [6.45, 7) is 17.4. The van der Waals surface area contributed by atoms with Gasteiger partial charge in [-0.05, 0) is 221 Å². The number of furan rings is 2. The molecular formula is C57H51N3O2. The number of aryl methyl sites for hydroxylation is 8. The molecule has 0 spiro atoms. The third kappa shape index (κ3) is 6.75. The predicted molar refractivity (Wildman–Crippen MR) is 263 cm³/mol. The molecule has 2 aromatic heterocycles. The average Bonchev–Trinajstić information content (AvgIpc) is 3.82. The van der Waals surface area contributed by atoms with Crippen molar-refractivity contribution in [2.24, 2.45) is 0 Å². The Morgan fingerprint density at radius 3 is 0.806 bits per heavy atom. The van der Waals surface area contributed by atoms with Gasteiger partial charge in [0.05, 0.1) is 0 Å². The fraction of sp³-hybridized carbons (Fsp3) is 0.158. The first-order chi connectivity index (χ1) is 29.9. The van der Waals surface area contributed by atoms with Gasteiger partial charge >= 0.3 is 0 Å². The topological polar surface area (TPSA) is 36.0 Å². The molecule has 8 aromatic carbocycles. The van der Waals surface area contributed by atoms with E-state index in [2.05, 4.69) is 223 Å². The minimum absolute atomic E-state index is 0.849. The maximum atomic E-state index is 6.57. The van der Waals surface area contributed by atoms with Crippen LogP contribution in [-0.4, -0.2) is 7.05 Å². The highest BCUT2D eigenvalue weighted by Gasteiger charge is 2.21. The van der Waals surface area contributed by atoms with Crippen LogP contribution in [0.4, 0.5) is 45.5 Å². The molecule has 5 nitrogen and oxygen atoms in total. The van der Waals surface area contributed by atoms with Crippen LogP contribution in [0.2, 0.25) is 0 Å². The van der Waals surface area contributed by atoms with Gasteiger partial charge in [0.25, 0.3) is 0 Å². The molecule has 0 radical (unpaired) electrons. The maximum absolute atomic E-state index is 6.57. The van der Waals surface area contributed by atoms with Gasteiger partial charge in [-0.1, -0.05) is 24.3 Å². The van der Waals surface area contributed by atoms with E-state index in [-0.39, 0.29) is 0 Å². The maximum Gasteiger partial charge on any atom is 0.135 e. The van der Waals surface area contributed by atoms with E-state index in [1.165, 1.54) is 44.5 Å². The van der Waals surface area contributed by atoms with E-state index in [1.54, 1.807) is 0 Å². The first-order valence-corrected chi connectivity index (χ1v) is 21.5. The number of hydrogen-bond acceptors (Lipinski definition) is 5. The van der Waals surface area contributed by atoms with Gasteiger partial charge in [-0.2, -0.15) is 0 Å². The second kappa shape index (κ2) is 15.0. The zero-order valence-electron chi connectivity index (χ0n) is 37.0. The first kappa shape index (κ1) is 38.9. The van der Waals surface area contributed by atoms with Crippen molar-refractivity contribution >= 4 is 89.4 Å². The van der Waals surface area contributed by atoms with Crippen molar-refractivity contribution in [2.45, 2.75) is 55.4 Å². The summed E-state index contributed by atoms with van der Waals surface area (Å²) in [6.07, 6.45) is 0. The standard InChI is InChI=1S/C57H51N3O2/c1-34-10-14-42(26-38(34)5)58(9)43-18-22-54-50(30-43)51-32-48(20-24-55(51)61-54)60(46-17-13-37(4)41(8)29-46)49-21-25-57-53(33-49)52-31-47(19-23-56(52)62-57)59(44-15-11-35(2)39(6)27-44)45-16-12-36(3)40(7)28-45/h10-33H,1-9H3. The lowest BCUT2D eigenvalue weighted by Gasteiger charge is -2.27. The van der Waals surface area contributed by atoms with Crippen LogP contribution in [-0.2, 0) is 0 Å². The number of anilines is 8. The molecule has 0 amide bonds. The molecule has 5 heteroatoms. The predicted octanol–water partition coefficient (Wildman–Crippen LogP) is 16.7. The van der Waals surface area contributed by atoms with E-state index >= 15 is 0 Å². The van der Waals surface area contributed by atoms with Crippen molar-refractivity contribution in [1.82, 2.24) is 0 Å². The molecule has 0 saturated heterocycles. The van der Waals surface area contributed by atoms with Gasteiger partial charge in [0.1, 0.15) is 22.3 Å². The summed E-state index contributed by atoms with van der Waals surface area (Å²) in [6, 6.07) is 53.0. The third-order valence-electron chi connectivity index (χ3n) is 13.2. The van der Waals surface area contributed by atoms with Crippen molar-refractivity contribution in [3.05, 3.63) is 190 Å². The second-order valence-corrected chi connectivity index (χ2v) is 17.2. The fourth-order valence-electron chi connectivity index (χ4n) is 8.70. The first-order valence-electron chi connectivity index (χ1n) is 21.5. The Hall–Kier alpha value is -7.24. The second-order valence-electron chi connectivity index (χ2n) is 17.2. The highest BCUT2D eigenvalue weighted by molar-refractivity contribution is 6.10. The van der Waals surface area contributed by atoms with E-state index in [9.17, 15) is 0 Å². The lowest BCUT2D eigenvalue weighted by Crippen LogP contribution is -2.11. The van der Waals surface area contributed by atoms with E-state index < -0.39 is 0 Å². The summed E-state index contributed by atoms with van der Waals surface area (Å²) < 4.78 is 13.0. The molecule has 0 atom stereocenters. The molecule has 10 rings (SSSR count). The number of benzene rings is 8. The largest absolute Gasteiger partial charge is 0.456 e. The molecule has 10 aromatic rings. The summed E-state index contributed by atoms with van der Waals surface area (Å²) in [5.74, 6) is 0. The Balaban J connectivity index is 1.12. The molecule has 0 aliphatic carbocycles. The van der Waals surface area contributed by atoms with Crippen LogP contribution in [0.5, 0.6) is 0 Å². The molecule has 62 heavy (non-hydrogen) atoms. The molecule has 0 aliphatic rings. The number of nitrogens with zero attached hydrogens (tertiary/aromatic N) is 3. The third-order valence-corrected chi connectivity index (χ3v) is 13.2. The van der Waals surface area contributed by atoms with E-state index in [1.807, 2.05) is 0 Å². The van der Waals surface area contributed by atoms with Crippen molar-refractivity contribution < 1.29 is 8.83 Å². The van der Waals surface area contributed by atoms with Crippen LogP contribution < -0.4 is 14.7 Å². The van der Waals surface area contributed by atoms with E-state index in [0.717, 1.165) is 89.4 Å². The quantitative estimate of drug-likeness (QED) is 0.153. The monoisotopic (exact) mass is 809 g/mol. The summed E-state index contributed by atoms with van der Waals surface area (Å²) in [5, 5.41) is 4.27.